The average Bonchev–Trinajstić information content (AvgIpc) is 2.81. The van der Waals surface area contributed by atoms with Gasteiger partial charge in [-0.2, -0.15) is 18.3 Å². The van der Waals surface area contributed by atoms with Crippen LogP contribution in [0.5, 0.6) is 0 Å². The Morgan fingerprint density at radius 2 is 1.91 bits per heavy atom. The number of carbonyl (C=O) groups excluding carboxylic acids is 1. The van der Waals surface area contributed by atoms with Crippen LogP contribution in [0.2, 0.25) is 0 Å². The van der Waals surface area contributed by atoms with Gasteiger partial charge in [0.25, 0.3) is 0 Å². The molecule has 0 atom stereocenters. The number of carbonyl (C=O) groups is 1. The van der Waals surface area contributed by atoms with Gasteiger partial charge in [-0.15, -0.1) is 0 Å². The van der Waals surface area contributed by atoms with Crippen LogP contribution in [-0.2, 0) is 23.9 Å². The lowest BCUT2D eigenvalue weighted by atomic mass is 9.93. The van der Waals surface area contributed by atoms with Crippen molar-refractivity contribution in [3.05, 3.63) is 17.0 Å². The molecule has 1 aliphatic heterocycles. The third kappa shape index (κ3) is 4.06. The van der Waals surface area contributed by atoms with Gasteiger partial charge in [0, 0.05) is 37.8 Å². The van der Waals surface area contributed by atoms with E-state index < -0.39 is 11.9 Å². The fourth-order valence-electron chi connectivity index (χ4n) is 3.33. The number of hydrogen-bond acceptors (Lipinski definition) is 2. The van der Waals surface area contributed by atoms with E-state index in [4.69, 9.17) is 0 Å². The summed E-state index contributed by atoms with van der Waals surface area (Å²) in [6.07, 6.45) is -1.23. The van der Waals surface area contributed by atoms with Gasteiger partial charge in [0.2, 0.25) is 5.91 Å². The van der Waals surface area contributed by atoms with Gasteiger partial charge < -0.3 is 4.90 Å². The zero-order valence-corrected chi connectivity index (χ0v) is 13.9. The van der Waals surface area contributed by atoms with Crippen LogP contribution in [-0.4, -0.2) is 33.7 Å². The Balaban J connectivity index is 2.00. The summed E-state index contributed by atoms with van der Waals surface area (Å²) < 4.78 is 40.5. The van der Waals surface area contributed by atoms with Crippen molar-refractivity contribution < 1.29 is 18.0 Å². The molecule has 2 rings (SSSR count). The van der Waals surface area contributed by atoms with Crippen molar-refractivity contribution in [1.82, 2.24) is 14.7 Å². The highest BCUT2D eigenvalue weighted by molar-refractivity contribution is 5.73. The SMILES string of the molecule is CCc1c(C)c(C(F)(F)F)nn1CCC1CCN(C(C)=O)CC1. The van der Waals surface area contributed by atoms with Gasteiger partial charge in [-0.1, -0.05) is 6.92 Å². The number of aryl methyl sites for hydroxylation is 1. The summed E-state index contributed by atoms with van der Waals surface area (Å²) in [4.78, 5) is 13.1. The predicted molar refractivity (Wildman–Crippen MR) is 80.9 cm³/mol. The highest BCUT2D eigenvalue weighted by Crippen LogP contribution is 2.32. The van der Waals surface area contributed by atoms with Gasteiger partial charge in [0.1, 0.15) is 0 Å². The van der Waals surface area contributed by atoms with E-state index in [1.54, 1.807) is 6.92 Å². The van der Waals surface area contributed by atoms with Crippen molar-refractivity contribution >= 4 is 5.91 Å². The molecule has 4 nitrogen and oxygen atoms in total. The second-order valence-corrected chi connectivity index (χ2v) is 6.23. The Morgan fingerprint density at radius 1 is 1.30 bits per heavy atom. The number of alkyl halides is 3. The molecular weight excluding hydrogens is 307 g/mol. The summed E-state index contributed by atoms with van der Waals surface area (Å²) in [5.74, 6) is 0.531. The van der Waals surface area contributed by atoms with Crippen molar-refractivity contribution in [3.8, 4) is 0 Å². The predicted octanol–water partition coefficient (Wildman–Crippen LogP) is 3.42. The topological polar surface area (TPSA) is 38.1 Å². The standard InChI is InChI=1S/C16H24F3N3O/c1-4-14-11(2)15(16(17,18)19)20-22(14)10-7-13-5-8-21(9-6-13)12(3)23/h13H,4-10H2,1-3H3. The minimum absolute atomic E-state index is 0.0919. The monoisotopic (exact) mass is 331 g/mol. The molecule has 7 heteroatoms. The first-order valence-electron chi connectivity index (χ1n) is 8.13. The van der Waals surface area contributed by atoms with Crippen molar-refractivity contribution in [2.45, 2.75) is 59.2 Å². The maximum absolute atomic E-state index is 13.0. The zero-order chi connectivity index (χ0) is 17.2. The quantitative estimate of drug-likeness (QED) is 0.848. The van der Waals surface area contributed by atoms with Crippen LogP contribution in [0.15, 0.2) is 0 Å². The lowest BCUT2D eigenvalue weighted by molar-refractivity contribution is -0.142. The molecule has 0 unspecified atom stereocenters. The number of aromatic nitrogens is 2. The molecule has 2 heterocycles. The second kappa shape index (κ2) is 6.93. The van der Waals surface area contributed by atoms with Crippen molar-refractivity contribution in [2.75, 3.05) is 13.1 Å². The van der Waals surface area contributed by atoms with E-state index in [2.05, 4.69) is 5.10 Å². The van der Waals surface area contributed by atoms with Crippen LogP contribution in [0.4, 0.5) is 13.2 Å². The third-order valence-corrected chi connectivity index (χ3v) is 4.73. The maximum atomic E-state index is 13.0. The van der Waals surface area contributed by atoms with E-state index in [9.17, 15) is 18.0 Å². The number of likely N-dealkylation sites (tertiary alicyclic amines) is 1. The number of amides is 1. The van der Waals surface area contributed by atoms with Crippen molar-refractivity contribution in [2.24, 2.45) is 5.92 Å². The Bertz CT molecular complexity index is 558. The Morgan fingerprint density at radius 3 is 2.39 bits per heavy atom. The van der Waals surface area contributed by atoms with Gasteiger partial charge in [-0.05, 0) is 38.5 Å². The van der Waals surface area contributed by atoms with E-state index in [1.807, 2.05) is 11.8 Å². The molecule has 0 aliphatic carbocycles. The van der Waals surface area contributed by atoms with Crippen LogP contribution < -0.4 is 0 Å². The molecule has 0 bridgehead atoms. The van der Waals surface area contributed by atoms with Gasteiger partial charge in [-0.25, -0.2) is 0 Å². The lowest BCUT2D eigenvalue weighted by Gasteiger charge is -2.31. The summed E-state index contributed by atoms with van der Waals surface area (Å²) >= 11 is 0. The van der Waals surface area contributed by atoms with Crippen LogP contribution >= 0.6 is 0 Å². The van der Waals surface area contributed by atoms with E-state index in [-0.39, 0.29) is 11.5 Å². The highest BCUT2D eigenvalue weighted by Gasteiger charge is 2.37. The number of hydrogen-bond donors (Lipinski definition) is 0. The zero-order valence-electron chi connectivity index (χ0n) is 13.9. The van der Waals surface area contributed by atoms with Crippen LogP contribution in [0.25, 0.3) is 0 Å². The molecule has 1 aromatic rings. The lowest BCUT2D eigenvalue weighted by Crippen LogP contribution is -2.37. The van der Waals surface area contributed by atoms with E-state index >= 15 is 0 Å². The molecule has 1 aromatic heterocycles. The van der Waals surface area contributed by atoms with Crippen LogP contribution in [0.3, 0.4) is 0 Å². The first kappa shape index (κ1) is 17.8. The first-order valence-corrected chi connectivity index (χ1v) is 8.13. The van der Waals surface area contributed by atoms with Gasteiger partial charge in [-0.3, -0.25) is 9.48 Å². The molecular formula is C16H24F3N3O. The van der Waals surface area contributed by atoms with Gasteiger partial charge in [0.05, 0.1) is 0 Å². The number of piperidine rings is 1. The first-order chi connectivity index (χ1) is 10.7. The fraction of sp³-hybridized carbons (Fsp3) is 0.750. The minimum Gasteiger partial charge on any atom is -0.343 e. The van der Waals surface area contributed by atoms with E-state index in [0.29, 0.717) is 24.6 Å². The largest absolute Gasteiger partial charge is 0.435 e. The maximum Gasteiger partial charge on any atom is 0.435 e. The number of nitrogens with zero attached hydrogens (tertiary/aromatic N) is 3. The fourth-order valence-corrected chi connectivity index (χ4v) is 3.33. The molecule has 1 saturated heterocycles. The van der Waals surface area contributed by atoms with Crippen LogP contribution in [0, 0.1) is 12.8 Å². The summed E-state index contributed by atoms with van der Waals surface area (Å²) in [5, 5.41) is 3.81. The molecule has 0 radical (unpaired) electrons. The molecule has 0 aromatic carbocycles. The van der Waals surface area contributed by atoms with Crippen LogP contribution in [0.1, 0.15) is 50.1 Å². The highest BCUT2D eigenvalue weighted by atomic mass is 19.4. The summed E-state index contributed by atoms with van der Waals surface area (Å²) in [5.41, 5.74) is 0.144. The van der Waals surface area contributed by atoms with Crippen molar-refractivity contribution in [1.29, 1.82) is 0 Å². The third-order valence-electron chi connectivity index (χ3n) is 4.73. The average molecular weight is 331 g/mol. The van der Waals surface area contributed by atoms with Gasteiger partial charge in [0.15, 0.2) is 5.69 Å². The molecule has 0 N–H and O–H groups in total. The molecule has 23 heavy (non-hydrogen) atoms. The molecule has 0 saturated carbocycles. The molecule has 0 spiro atoms. The molecule has 1 aliphatic rings. The molecule has 1 amide bonds. The molecule has 1 fully saturated rings. The summed E-state index contributed by atoms with van der Waals surface area (Å²) in [6, 6.07) is 0. The summed E-state index contributed by atoms with van der Waals surface area (Å²) in [6.45, 7) is 6.91. The Hall–Kier alpha value is -1.53. The Kier molecular flexibility index (Phi) is 5.37. The Labute approximate surface area is 134 Å². The van der Waals surface area contributed by atoms with E-state index in [1.165, 1.54) is 11.6 Å². The molecule has 130 valence electrons. The summed E-state index contributed by atoms with van der Waals surface area (Å²) in [7, 11) is 0. The minimum atomic E-state index is -4.40. The van der Waals surface area contributed by atoms with E-state index in [0.717, 1.165) is 32.4 Å². The smallest absolute Gasteiger partial charge is 0.343 e. The van der Waals surface area contributed by atoms with Crippen molar-refractivity contribution in [3.63, 3.8) is 0 Å². The van der Waals surface area contributed by atoms with Gasteiger partial charge >= 0.3 is 6.18 Å². The second-order valence-electron chi connectivity index (χ2n) is 6.23. The normalized spacial score (nSPS) is 16.9. The number of rotatable bonds is 4. The number of halogens is 3.